The first-order valence-corrected chi connectivity index (χ1v) is 7.13. The minimum Gasteiger partial charge on any atom is -0.508 e. The van der Waals surface area contributed by atoms with Gasteiger partial charge in [-0.15, -0.1) is 0 Å². The van der Waals surface area contributed by atoms with Crippen LogP contribution >= 0.6 is 34.2 Å². The van der Waals surface area contributed by atoms with Gasteiger partial charge in [-0.05, 0) is 53.8 Å². The number of halogens is 3. The largest absolute Gasteiger partial charge is 0.508 e. The van der Waals surface area contributed by atoms with Crippen LogP contribution in [0.1, 0.15) is 18.5 Å². The Kier molecular flexibility index (Phi) is 4.52. The Hall–Kier alpha value is -1.01. The van der Waals surface area contributed by atoms with Gasteiger partial charge >= 0.3 is 0 Å². The maximum atomic E-state index is 13.7. The summed E-state index contributed by atoms with van der Waals surface area (Å²) in [6.07, 6.45) is 0. The van der Waals surface area contributed by atoms with Crippen molar-refractivity contribution in [2.75, 3.05) is 5.32 Å². The van der Waals surface area contributed by atoms with Crippen LogP contribution in [0.3, 0.4) is 0 Å². The summed E-state index contributed by atoms with van der Waals surface area (Å²) < 4.78 is 14.8. The van der Waals surface area contributed by atoms with Crippen LogP contribution in [-0.4, -0.2) is 5.11 Å². The van der Waals surface area contributed by atoms with Crippen LogP contribution in [-0.2, 0) is 0 Å². The molecule has 0 bridgehead atoms. The lowest BCUT2D eigenvalue weighted by Gasteiger charge is -2.17. The summed E-state index contributed by atoms with van der Waals surface area (Å²) in [5, 5.41) is 13.0. The van der Waals surface area contributed by atoms with Gasteiger partial charge in [0, 0.05) is 15.2 Å². The van der Waals surface area contributed by atoms with E-state index in [4.69, 9.17) is 11.6 Å². The highest BCUT2D eigenvalue weighted by Gasteiger charge is 2.12. The quantitative estimate of drug-likeness (QED) is 0.725. The molecule has 0 saturated carbocycles. The number of nitrogens with one attached hydrogen (secondary N) is 1. The molecular weight excluding hydrogens is 380 g/mol. The summed E-state index contributed by atoms with van der Waals surface area (Å²) in [6.45, 7) is 1.84. The summed E-state index contributed by atoms with van der Waals surface area (Å²) in [5.41, 5.74) is 1.23. The second kappa shape index (κ2) is 5.96. The number of hydrogen-bond acceptors (Lipinski definition) is 2. The highest BCUT2D eigenvalue weighted by atomic mass is 127. The van der Waals surface area contributed by atoms with Crippen LogP contribution in [0.2, 0.25) is 5.02 Å². The van der Waals surface area contributed by atoms with Crippen LogP contribution in [0, 0.1) is 9.39 Å². The maximum Gasteiger partial charge on any atom is 0.132 e. The third kappa shape index (κ3) is 3.51. The molecule has 2 N–H and O–H groups in total. The molecule has 0 aliphatic carbocycles. The van der Waals surface area contributed by atoms with E-state index in [2.05, 4.69) is 27.9 Å². The van der Waals surface area contributed by atoms with Crippen molar-refractivity contribution in [2.24, 2.45) is 0 Å². The molecule has 0 fully saturated rings. The molecule has 19 heavy (non-hydrogen) atoms. The minimum absolute atomic E-state index is 0.0826. The molecular formula is C14H12ClFINO. The number of benzene rings is 2. The number of rotatable bonds is 3. The highest BCUT2D eigenvalue weighted by molar-refractivity contribution is 14.1. The molecule has 5 heteroatoms. The van der Waals surface area contributed by atoms with Gasteiger partial charge in [-0.1, -0.05) is 17.7 Å². The van der Waals surface area contributed by atoms with Crippen LogP contribution in [0.25, 0.3) is 0 Å². The second-order valence-electron chi connectivity index (χ2n) is 4.20. The molecule has 0 heterocycles. The van der Waals surface area contributed by atoms with Gasteiger partial charge in [0.05, 0.1) is 16.8 Å². The zero-order chi connectivity index (χ0) is 14.0. The van der Waals surface area contributed by atoms with Gasteiger partial charge in [0.2, 0.25) is 0 Å². The van der Waals surface area contributed by atoms with E-state index >= 15 is 0 Å². The summed E-state index contributed by atoms with van der Waals surface area (Å²) >= 11 is 8.30. The molecule has 1 atom stereocenters. The first kappa shape index (κ1) is 14.4. The zero-order valence-corrected chi connectivity index (χ0v) is 13.0. The molecule has 100 valence electrons. The van der Waals surface area contributed by atoms with E-state index in [1.165, 1.54) is 6.07 Å². The molecule has 0 aliphatic rings. The first-order chi connectivity index (χ1) is 8.97. The Morgan fingerprint density at radius 3 is 2.63 bits per heavy atom. The fourth-order valence-corrected chi connectivity index (χ4v) is 2.70. The predicted molar refractivity (Wildman–Crippen MR) is 84.3 cm³/mol. The van der Waals surface area contributed by atoms with E-state index in [0.717, 1.165) is 15.3 Å². The Labute approximate surface area is 129 Å². The van der Waals surface area contributed by atoms with Gasteiger partial charge in [-0.25, -0.2) is 4.39 Å². The van der Waals surface area contributed by atoms with Gasteiger partial charge < -0.3 is 10.4 Å². The van der Waals surface area contributed by atoms with Crippen LogP contribution in [0.4, 0.5) is 10.1 Å². The first-order valence-electron chi connectivity index (χ1n) is 5.67. The van der Waals surface area contributed by atoms with Crippen molar-refractivity contribution in [1.29, 1.82) is 0 Å². The average molecular weight is 392 g/mol. The topological polar surface area (TPSA) is 32.3 Å². The van der Waals surface area contributed by atoms with E-state index < -0.39 is 5.82 Å². The Balaban J connectivity index is 2.23. The Bertz CT molecular complexity index is 606. The molecule has 0 radical (unpaired) electrons. The smallest absolute Gasteiger partial charge is 0.132 e. The monoisotopic (exact) mass is 391 g/mol. The van der Waals surface area contributed by atoms with Crippen LogP contribution in [0.15, 0.2) is 36.4 Å². The number of phenols is 1. The Morgan fingerprint density at radius 2 is 2.00 bits per heavy atom. The number of hydrogen-bond donors (Lipinski definition) is 2. The van der Waals surface area contributed by atoms with Crippen molar-refractivity contribution in [3.63, 3.8) is 0 Å². The standard InChI is InChI=1S/C14H12ClFINO/c1-8(11-4-3-10(19)7-13(11)16)18-14-5-2-9(17)6-12(14)15/h2-8,18-19H,1H3. The van der Waals surface area contributed by atoms with Gasteiger partial charge in [0.1, 0.15) is 11.6 Å². The molecule has 0 aliphatic heterocycles. The Morgan fingerprint density at radius 1 is 1.26 bits per heavy atom. The molecule has 1 unspecified atom stereocenters. The summed E-state index contributed by atoms with van der Waals surface area (Å²) in [4.78, 5) is 0. The lowest BCUT2D eigenvalue weighted by Crippen LogP contribution is -2.08. The summed E-state index contributed by atoms with van der Waals surface area (Å²) in [5.74, 6) is -0.526. The van der Waals surface area contributed by atoms with E-state index in [-0.39, 0.29) is 11.8 Å². The highest BCUT2D eigenvalue weighted by Crippen LogP contribution is 2.29. The van der Waals surface area contributed by atoms with E-state index in [9.17, 15) is 9.50 Å². The number of aromatic hydroxyl groups is 1. The maximum absolute atomic E-state index is 13.7. The molecule has 2 rings (SSSR count). The van der Waals surface area contributed by atoms with Crippen molar-refractivity contribution < 1.29 is 9.50 Å². The van der Waals surface area contributed by atoms with Gasteiger partial charge in [-0.2, -0.15) is 0 Å². The average Bonchev–Trinajstić information content (AvgIpc) is 2.32. The van der Waals surface area contributed by atoms with E-state index in [0.29, 0.717) is 10.6 Å². The molecule has 2 aromatic carbocycles. The number of anilines is 1. The lowest BCUT2D eigenvalue weighted by atomic mass is 10.1. The SMILES string of the molecule is CC(Nc1ccc(I)cc1Cl)c1ccc(O)cc1F. The molecule has 0 aromatic heterocycles. The van der Waals surface area contributed by atoms with Crippen molar-refractivity contribution >= 4 is 39.9 Å². The van der Waals surface area contributed by atoms with Gasteiger partial charge in [-0.3, -0.25) is 0 Å². The summed E-state index contributed by atoms with van der Waals surface area (Å²) in [7, 11) is 0. The minimum atomic E-state index is -0.443. The van der Waals surface area contributed by atoms with Gasteiger partial charge in [0.15, 0.2) is 0 Å². The molecule has 2 aromatic rings. The third-order valence-corrected chi connectivity index (χ3v) is 3.74. The van der Waals surface area contributed by atoms with Crippen molar-refractivity contribution in [1.82, 2.24) is 0 Å². The lowest BCUT2D eigenvalue weighted by molar-refractivity contribution is 0.467. The fourth-order valence-electron chi connectivity index (χ4n) is 1.78. The van der Waals surface area contributed by atoms with Crippen molar-refractivity contribution in [2.45, 2.75) is 13.0 Å². The van der Waals surface area contributed by atoms with Crippen molar-refractivity contribution in [3.8, 4) is 5.75 Å². The van der Waals surface area contributed by atoms with Crippen molar-refractivity contribution in [3.05, 3.63) is 56.4 Å². The molecule has 0 spiro atoms. The number of phenolic OH excluding ortho intramolecular Hbond substituents is 1. The summed E-state index contributed by atoms with van der Waals surface area (Å²) in [6, 6.07) is 9.49. The fraction of sp³-hybridized carbons (Fsp3) is 0.143. The molecule has 2 nitrogen and oxygen atoms in total. The van der Waals surface area contributed by atoms with Crippen LogP contribution < -0.4 is 5.32 Å². The molecule has 0 saturated heterocycles. The zero-order valence-electron chi connectivity index (χ0n) is 10.1. The van der Waals surface area contributed by atoms with Crippen LogP contribution in [0.5, 0.6) is 5.75 Å². The van der Waals surface area contributed by atoms with Gasteiger partial charge in [0.25, 0.3) is 0 Å². The third-order valence-electron chi connectivity index (χ3n) is 2.75. The molecule has 0 amide bonds. The predicted octanol–water partition coefficient (Wildman–Crippen LogP) is 4.96. The van der Waals surface area contributed by atoms with E-state index in [1.807, 2.05) is 25.1 Å². The normalized spacial score (nSPS) is 12.2. The van der Waals surface area contributed by atoms with E-state index in [1.54, 1.807) is 6.07 Å². The second-order valence-corrected chi connectivity index (χ2v) is 5.85.